The predicted molar refractivity (Wildman–Crippen MR) is 140 cm³/mol. The number of fused-ring (bicyclic) bond motifs is 1. The third-order valence-corrected chi connectivity index (χ3v) is 6.15. The number of hydrogen-bond donors (Lipinski definition) is 4. The minimum absolute atomic E-state index is 0.118. The number of benzene rings is 3. The minimum Gasteiger partial charge on any atom is -0.381 e. The van der Waals surface area contributed by atoms with Gasteiger partial charge in [0.05, 0.1) is 6.54 Å². The molecule has 0 aliphatic carbocycles. The number of hydrogen-bond acceptors (Lipinski definition) is 6. The van der Waals surface area contributed by atoms with Gasteiger partial charge in [0.25, 0.3) is 5.91 Å². The summed E-state index contributed by atoms with van der Waals surface area (Å²) >= 11 is 0. The minimum atomic E-state index is -0.118. The quantitative estimate of drug-likeness (QED) is 0.165. The lowest BCUT2D eigenvalue weighted by Gasteiger charge is -2.25. The van der Waals surface area contributed by atoms with E-state index in [0.717, 1.165) is 42.9 Å². The molecule has 8 heteroatoms. The van der Waals surface area contributed by atoms with Crippen molar-refractivity contribution in [1.82, 2.24) is 15.2 Å². The molecule has 0 radical (unpaired) electrons. The first kappa shape index (κ1) is 24.3. The van der Waals surface area contributed by atoms with Crippen molar-refractivity contribution < 1.29 is 4.79 Å². The second-order valence-electron chi connectivity index (χ2n) is 8.96. The summed E-state index contributed by atoms with van der Waals surface area (Å²) in [5.74, 6) is 10.7. The van der Waals surface area contributed by atoms with E-state index in [9.17, 15) is 4.79 Å². The molecule has 0 bridgehead atoms. The maximum absolute atomic E-state index is 12.6. The summed E-state index contributed by atoms with van der Waals surface area (Å²) in [6.45, 7) is 3.75. The molecule has 6 N–H and O–H groups in total. The van der Waals surface area contributed by atoms with Crippen molar-refractivity contribution in [3.8, 4) is 0 Å². The number of likely N-dealkylation sites (N-methyl/N-ethyl adjacent to an activating group) is 1. The highest BCUT2D eigenvalue weighted by atomic mass is 16.1. The van der Waals surface area contributed by atoms with Crippen LogP contribution in [0.2, 0.25) is 0 Å². The molecule has 0 unspecified atom stereocenters. The standard InChI is InChI=1S/C27H33N7O/c1-33-12-11-23-9-10-26(14-25(23)18-33)30-15-21-3-2-4-22(13-21)16-31-27(35)24-7-5-20(6-8-24)17-34(29)19-32-28/h2-10,13-14,19,30H,11-12,15-18,28-29H2,1H3,(H,31,35). The molecular formula is C27H33N7O. The van der Waals surface area contributed by atoms with E-state index < -0.39 is 0 Å². The lowest BCUT2D eigenvalue weighted by Crippen LogP contribution is -2.29. The summed E-state index contributed by atoms with van der Waals surface area (Å²) in [6, 6.07) is 22.2. The van der Waals surface area contributed by atoms with Crippen LogP contribution < -0.4 is 22.3 Å². The zero-order valence-electron chi connectivity index (χ0n) is 20.1. The molecule has 1 heterocycles. The van der Waals surface area contributed by atoms with E-state index in [0.29, 0.717) is 18.7 Å². The fourth-order valence-electron chi connectivity index (χ4n) is 4.25. The van der Waals surface area contributed by atoms with Crippen molar-refractivity contribution in [2.45, 2.75) is 32.6 Å². The Hall–Kier alpha value is -3.88. The van der Waals surface area contributed by atoms with Crippen LogP contribution in [0.15, 0.2) is 71.8 Å². The van der Waals surface area contributed by atoms with Crippen molar-refractivity contribution >= 4 is 17.9 Å². The first-order valence-corrected chi connectivity index (χ1v) is 11.7. The number of amides is 1. The van der Waals surface area contributed by atoms with E-state index in [2.05, 4.69) is 58.0 Å². The van der Waals surface area contributed by atoms with Gasteiger partial charge in [-0.3, -0.25) is 9.80 Å². The van der Waals surface area contributed by atoms with Crippen molar-refractivity contribution in [2.24, 2.45) is 16.8 Å². The summed E-state index contributed by atoms with van der Waals surface area (Å²) in [5.41, 5.74) is 7.76. The average Bonchev–Trinajstić information content (AvgIpc) is 2.86. The zero-order valence-corrected chi connectivity index (χ0v) is 20.1. The molecule has 35 heavy (non-hydrogen) atoms. The number of anilines is 1. The van der Waals surface area contributed by atoms with Gasteiger partial charge in [0, 0.05) is 37.4 Å². The molecule has 4 rings (SSSR count). The van der Waals surface area contributed by atoms with Gasteiger partial charge in [-0.1, -0.05) is 42.5 Å². The van der Waals surface area contributed by atoms with Crippen LogP contribution >= 0.6 is 0 Å². The maximum Gasteiger partial charge on any atom is 0.251 e. The van der Waals surface area contributed by atoms with E-state index in [-0.39, 0.29) is 5.91 Å². The molecule has 0 atom stereocenters. The number of nitrogens with one attached hydrogen (secondary N) is 2. The second-order valence-corrected chi connectivity index (χ2v) is 8.96. The number of hydrazine groups is 1. The van der Waals surface area contributed by atoms with Crippen molar-refractivity contribution in [1.29, 1.82) is 0 Å². The van der Waals surface area contributed by atoms with Crippen LogP contribution in [-0.4, -0.2) is 35.7 Å². The highest BCUT2D eigenvalue weighted by molar-refractivity contribution is 5.94. The average molecular weight is 472 g/mol. The Morgan fingerprint density at radius 2 is 1.80 bits per heavy atom. The SMILES string of the molecule is CN1CCc2ccc(NCc3cccc(CNC(=O)c4ccc(CN(N)C=NN)cc4)c3)cc2C1. The molecule has 1 aliphatic heterocycles. The van der Waals surface area contributed by atoms with Gasteiger partial charge in [-0.25, -0.2) is 5.84 Å². The monoisotopic (exact) mass is 471 g/mol. The summed E-state index contributed by atoms with van der Waals surface area (Å²) < 4.78 is 0. The van der Waals surface area contributed by atoms with Crippen LogP contribution in [0.4, 0.5) is 5.69 Å². The van der Waals surface area contributed by atoms with Gasteiger partial charge in [0.15, 0.2) is 0 Å². The largest absolute Gasteiger partial charge is 0.381 e. The number of carbonyl (C=O) groups excluding carboxylic acids is 1. The Morgan fingerprint density at radius 1 is 1.03 bits per heavy atom. The molecule has 8 nitrogen and oxygen atoms in total. The van der Waals surface area contributed by atoms with Gasteiger partial charge >= 0.3 is 0 Å². The Morgan fingerprint density at radius 3 is 2.57 bits per heavy atom. The number of carbonyl (C=O) groups is 1. The van der Waals surface area contributed by atoms with E-state index in [1.807, 2.05) is 24.3 Å². The first-order valence-electron chi connectivity index (χ1n) is 11.7. The molecule has 0 aromatic heterocycles. The third kappa shape index (κ3) is 6.81. The van der Waals surface area contributed by atoms with Crippen molar-refractivity contribution in [2.75, 3.05) is 18.9 Å². The molecule has 3 aromatic rings. The molecule has 3 aromatic carbocycles. The van der Waals surface area contributed by atoms with E-state index >= 15 is 0 Å². The fraction of sp³-hybridized carbons (Fsp3) is 0.259. The van der Waals surface area contributed by atoms with Crippen molar-refractivity contribution in [3.63, 3.8) is 0 Å². The van der Waals surface area contributed by atoms with Crippen LogP contribution in [0.3, 0.4) is 0 Å². The molecule has 0 saturated carbocycles. The summed E-state index contributed by atoms with van der Waals surface area (Å²) in [5, 5.41) is 11.3. The number of nitrogens with zero attached hydrogens (tertiary/aromatic N) is 3. The van der Waals surface area contributed by atoms with Crippen LogP contribution in [-0.2, 0) is 32.6 Å². The van der Waals surface area contributed by atoms with Crippen LogP contribution in [0.5, 0.6) is 0 Å². The Balaban J connectivity index is 1.29. The maximum atomic E-state index is 12.6. The molecule has 1 aliphatic rings. The Kier molecular flexibility index (Phi) is 7.97. The number of rotatable bonds is 9. The fourth-order valence-corrected chi connectivity index (χ4v) is 4.25. The third-order valence-electron chi connectivity index (χ3n) is 6.15. The van der Waals surface area contributed by atoms with Crippen molar-refractivity contribution in [3.05, 3.63) is 100 Å². The molecule has 0 saturated heterocycles. The topological polar surface area (TPSA) is 112 Å². The zero-order chi connectivity index (χ0) is 24.6. The van der Waals surface area contributed by atoms with Gasteiger partial charge in [0.1, 0.15) is 6.34 Å². The van der Waals surface area contributed by atoms with Gasteiger partial charge in [0.2, 0.25) is 0 Å². The molecule has 182 valence electrons. The Bertz CT molecular complexity index is 1180. The Labute approximate surface area is 206 Å². The lowest BCUT2D eigenvalue weighted by molar-refractivity contribution is 0.0951. The molecule has 1 amide bonds. The second kappa shape index (κ2) is 11.5. The first-order chi connectivity index (χ1) is 17.0. The number of nitrogens with two attached hydrogens (primary N) is 2. The number of hydrazone groups is 1. The highest BCUT2D eigenvalue weighted by Crippen LogP contribution is 2.22. The van der Waals surface area contributed by atoms with E-state index in [1.165, 1.54) is 28.0 Å². The predicted octanol–water partition coefficient (Wildman–Crippen LogP) is 2.79. The summed E-state index contributed by atoms with van der Waals surface area (Å²) in [7, 11) is 2.16. The van der Waals surface area contributed by atoms with Crippen LogP contribution in [0.25, 0.3) is 0 Å². The molecule has 0 spiro atoms. The van der Waals surface area contributed by atoms with E-state index in [4.69, 9.17) is 11.7 Å². The molecule has 0 fully saturated rings. The van der Waals surface area contributed by atoms with Gasteiger partial charge in [-0.2, -0.15) is 5.10 Å². The highest BCUT2D eigenvalue weighted by Gasteiger charge is 2.13. The van der Waals surface area contributed by atoms with Crippen LogP contribution in [0.1, 0.15) is 38.2 Å². The normalized spacial score (nSPS) is 13.4. The van der Waals surface area contributed by atoms with Crippen LogP contribution in [0, 0.1) is 0 Å². The van der Waals surface area contributed by atoms with Gasteiger partial charge in [-0.05, 0) is 65.6 Å². The smallest absolute Gasteiger partial charge is 0.251 e. The lowest BCUT2D eigenvalue weighted by atomic mass is 9.99. The summed E-state index contributed by atoms with van der Waals surface area (Å²) in [6.07, 6.45) is 2.45. The summed E-state index contributed by atoms with van der Waals surface area (Å²) in [4.78, 5) is 14.9. The molecular weight excluding hydrogens is 438 g/mol. The van der Waals surface area contributed by atoms with Gasteiger partial charge in [-0.15, -0.1) is 0 Å². The van der Waals surface area contributed by atoms with Gasteiger partial charge < -0.3 is 21.4 Å². The van der Waals surface area contributed by atoms with E-state index in [1.54, 1.807) is 12.1 Å².